The van der Waals surface area contributed by atoms with Gasteiger partial charge in [0.05, 0.1) is 11.3 Å². The number of carbonyl (C=O) groups excluding carboxylic acids is 1. The monoisotopic (exact) mass is 236 g/mol. The molecule has 1 aliphatic rings. The lowest BCUT2D eigenvalue weighted by Gasteiger charge is -2.22. The van der Waals surface area contributed by atoms with Crippen LogP contribution in [0.5, 0.6) is 0 Å². The first-order valence-corrected chi connectivity index (χ1v) is 6.00. The summed E-state index contributed by atoms with van der Waals surface area (Å²) in [5.74, 6) is -0.672. The summed E-state index contributed by atoms with van der Waals surface area (Å²) in [5, 5.41) is 0. The Labute approximate surface area is 100 Å². The van der Waals surface area contributed by atoms with Crippen molar-refractivity contribution in [2.24, 2.45) is 0 Å². The van der Waals surface area contributed by atoms with E-state index in [1.807, 2.05) is 11.8 Å². The molecule has 1 aromatic carbocycles. The van der Waals surface area contributed by atoms with Crippen LogP contribution < -0.4 is 5.73 Å². The first-order valence-electron chi connectivity index (χ1n) is 6.00. The molecule has 1 fully saturated rings. The smallest absolute Gasteiger partial charge is 0.256 e. The van der Waals surface area contributed by atoms with Gasteiger partial charge in [-0.05, 0) is 31.4 Å². The van der Waals surface area contributed by atoms with Crippen molar-refractivity contribution in [2.75, 3.05) is 12.3 Å². The van der Waals surface area contributed by atoms with Crippen molar-refractivity contribution in [3.63, 3.8) is 0 Å². The third-order valence-electron chi connectivity index (χ3n) is 3.00. The highest BCUT2D eigenvalue weighted by molar-refractivity contribution is 5.99. The number of para-hydroxylation sites is 1. The largest absolute Gasteiger partial charge is 0.396 e. The Kier molecular flexibility index (Phi) is 3.31. The Morgan fingerprint density at radius 3 is 2.82 bits per heavy atom. The summed E-state index contributed by atoms with van der Waals surface area (Å²) in [5.41, 5.74) is 5.86. The van der Waals surface area contributed by atoms with Crippen LogP contribution in [0.3, 0.4) is 0 Å². The van der Waals surface area contributed by atoms with E-state index in [9.17, 15) is 9.18 Å². The molecule has 2 rings (SSSR count). The van der Waals surface area contributed by atoms with Gasteiger partial charge in [0.15, 0.2) is 0 Å². The Bertz CT molecular complexity index is 429. The van der Waals surface area contributed by atoms with Gasteiger partial charge in [0, 0.05) is 12.6 Å². The number of hydrogen-bond donors (Lipinski definition) is 1. The molecule has 0 heterocycles. The van der Waals surface area contributed by atoms with Crippen LogP contribution in [-0.4, -0.2) is 23.4 Å². The van der Waals surface area contributed by atoms with Crippen LogP contribution in [0.15, 0.2) is 18.2 Å². The third kappa shape index (κ3) is 2.40. The number of amides is 1. The number of carbonyl (C=O) groups is 1. The molecule has 0 unspecified atom stereocenters. The van der Waals surface area contributed by atoms with Crippen LogP contribution in [0, 0.1) is 5.82 Å². The molecule has 1 aliphatic carbocycles. The fourth-order valence-corrected chi connectivity index (χ4v) is 1.96. The van der Waals surface area contributed by atoms with Crippen molar-refractivity contribution >= 4 is 11.6 Å². The van der Waals surface area contributed by atoms with Gasteiger partial charge in [0.25, 0.3) is 5.91 Å². The van der Waals surface area contributed by atoms with Gasteiger partial charge in [0.1, 0.15) is 5.82 Å². The Balaban J connectivity index is 2.25. The van der Waals surface area contributed by atoms with Crippen molar-refractivity contribution in [1.29, 1.82) is 0 Å². The van der Waals surface area contributed by atoms with Gasteiger partial charge >= 0.3 is 0 Å². The highest BCUT2D eigenvalue weighted by atomic mass is 19.1. The highest BCUT2D eigenvalue weighted by Crippen LogP contribution is 2.29. The summed E-state index contributed by atoms with van der Waals surface area (Å²) in [6.07, 6.45) is 2.99. The van der Waals surface area contributed by atoms with Gasteiger partial charge in [-0.15, -0.1) is 0 Å². The lowest BCUT2D eigenvalue weighted by Crippen LogP contribution is -2.34. The average molecular weight is 236 g/mol. The minimum Gasteiger partial charge on any atom is -0.396 e. The zero-order valence-electron chi connectivity index (χ0n) is 9.95. The van der Waals surface area contributed by atoms with Crippen molar-refractivity contribution in [3.05, 3.63) is 29.6 Å². The number of rotatable bonds is 4. The molecule has 1 saturated carbocycles. The molecule has 1 amide bonds. The molecule has 0 aliphatic heterocycles. The number of nitrogen functional groups attached to an aromatic ring is 1. The third-order valence-corrected chi connectivity index (χ3v) is 3.00. The maximum absolute atomic E-state index is 13.3. The van der Waals surface area contributed by atoms with Crippen LogP contribution in [0.4, 0.5) is 10.1 Å². The number of anilines is 1. The van der Waals surface area contributed by atoms with E-state index < -0.39 is 5.82 Å². The summed E-state index contributed by atoms with van der Waals surface area (Å²) >= 11 is 0. The van der Waals surface area contributed by atoms with E-state index in [1.165, 1.54) is 12.1 Å². The van der Waals surface area contributed by atoms with Gasteiger partial charge in [0.2, 0.25) is 0 Å². The highest BCUT2D eigenvalue weighted by Gasteiger charge is 2.33. The zero-order valence-corrected chi connectivity index (χ0v) is 9.95. The molecular formula is C13H17FN2O. The molecule has 3 nitrogen and oxygen atoms in total. The molecule has 0 saturated heterocycles. The van der Waals surface area contributed by atoms with Crippen molar-refractivity contribution in [1.82, 2.24) is 4.90 Å². The van der Waals surface area contributed by atoms with E-state index >= 15 is 0 Å². The predicted molar refractivity (Wildman–Crippen MR) is 65.2 cm³/mol. The number of hydrogen-bond acceptors (Lipinski definition) is 2. The number of nitrogens with zero attached hydrogens (tertiary/aromatic N) is 1. The fourth-order valence-electron chi connectivity index (χ4n) is 1.96. The predicted octanol–water partition coefficient (Wildman–Crippen LogP) is 2.42. The van der Waals surface area contributed by atoms with Crippen LogP contribution >= 0.6 is 0 Å². The van der Waals surface area contributed by atoms with E-state index in [1.54, 1.807) is 6.07 Å². The fraction of sp³-hybridized carbons (Fsp3) is 0.462. The Morgan fingerprint density at radius 1 is 1.53 bits per heavy atom. The van der Waals surface area contributed by atoms with Crippen molar-refractivity contribution < 1.29 is 9.18 Å². The van der Waals surface area contributed by atoms with Crippen LogP contribution in [-0.2, 0) is 0 Å². The number of halogens is 1. The zero-order chi connectivity index (χ0) is 12.4. The molecular weight excluding hydrogens is 219 g/mol. The second kappa shape index (κ2) is 4.73. The topological polar surface area (TPSA) is 46.3 Å². The normalized spacial score (nSPS) is 14.7. The van der Waals surface area contributed by atoms with Crippen LogP contribution in [0.2, 0.25) is 0 Å². The molecule has 0 spiro atoms. The minimum atomic E-state index is -0.525. The standard InChI is InChI=1S/C13H17FN2O/c1-2-8-16(9-6-7-9)13(17)10-4-3-5-11(14)12(10)15/h3-5,9H,2,6-8,15H2,1H3. The summed E-state index contributed by atoms with van der Waals surface area (Å²) in [7, 11) is 0. The van der Waals surface area contributed by atoms with Crippen LogP contribution in [0.1, 0.15) is 36.5 Å². The summed E-state index contributed by atoms with van der Waals surface area (Å²) < 4.78 is 13.3. The van der Waals surface area contributed by atoms with Gasteiger partial charge in [-0.1, -0.05) is 13.0 Å². The molecule has 0 atom stereocenters. The van der Waals surface area contributed by atoms with Crippen molar-refractivity contribution in [3.8, 4) is 0 Å². The van der Waals surface area contributed by atoms with E-state index in [2.05, 4.69) is 0 Å². The van der Waals surface area contributed by atoms with Gasteiger partial charge in [-0.25, -0.2) is 4.39 Å². The maximum atomic E-state index is 13.3. The molecule has 0 bridgehead atoms. The molecule has 0 radical (unpaired) electrons. The summed E-state index contributed by atoms with van der Waals surface area (Å²) in [4.78, 5) is 14.1. The molecule has 2 N–H and O–H groups in total. The average Bonchev–Trinajstić information content (AvgIpc) is 3.13. The summed E-state index contributed by atoms with van der Waals surface area (Å²) in [6.45, 7) is 2.73. The first kappa shape index (κ1) is 11.9. The Morgan fingerprint density at radius 2 is 2.24 bits per heavy atom. The second-order valence-electron chi connectivity index (χ2n) is 4.43. The van der Waals surface area contributed by atoms with Gasteiger partial charge < -0.3 is 10.6 Å². The van der Waals surface area contributed by atoms with E-state index in [4.69, 9.17) is 5.73 Å². The molecule has 17 heavy (non-hydrogen) atoms. The van der Waals surface area contributed by atoms with E-state index in [-0.39, 0.29) is 17.2 Å². The van der Waals surface area contributed by atoms with Gasteiger partial charge in [-0.3, -0.25) is 4.79 Å². The number of benzene rings is 1. The molecule has 92 valence electrons. The van der Waals surface area contributed by atoms with E-state index in [0.717, 1.165) is 19.3 Å². The second-order valence-corrected chi connectivity index (χ2v) is 4.43. The van der Waals surface area contributed by atoms with Gasteiger partial charge in [-0.2, -0.15) is 0 Å². The minimum absolute atomic E-state index is 0.0424. The molecule has 4 heteroatoms. The summed E-state index contributed by atoms with van der Waals surface area (Å²) in [6, 6.07) is 4.71. The van der Waals surface area contributed by atoms with Crippen molar-refractivity contribution in [2.45, 2.75) is 32.2 Å². The Hall–Kier alpha value is -1.58. The van der Waals surface area contributed by atoms with E-state index in [0.29, 0.717) is 12.6 Å². The first-order chi connectivity index (χ1) is 8.15. The lowest BCUT2D eigenvalue weighted by atomic mass is 10.1. The molecule has 1 aromatic rings. The maximum Gasteiger partial charge on any atom is 0.256 e. The number of nitrogens with two attached hydrogens (primary N) is 1. The van der Waals surface area contributed by atoms with Crippen LogP contribution in [0.25, 0.3) is 0 Å². The SMILES string of the molecule is CCCN(C(=O)c1cccc(F)c1N)C1CC1. The quantitative estimate of drug-likeness (QED) is 0.816. The molecule has 0 aromatic heterocycles. The lowest BCUT2D eigenvalue weighted by molar-refractivity contribution is 0.0744.